The Bertz CT molecular complexity index is 597. The first-order chi connectivity index (χ1) is 10.0. The van der Waals surface area contributed by atoms with Gasteiger partial charge in [0.05, 0.1) is 25.3 Å². The van der Waals surface area contributed by atoms with E-state index in [0.717, 1.165) is 0 Å². The first-order valence-electron chi connectivity index (χ1n) is 5.71. The third-order valence-electron chi connectivity index (χ3n) is 2.28. The van der Waals surface area contributed by atoms with Gasteiger partial charge in [-0.05, 0) is 23.3 Å². The number of aromatic nitrogens is 2. The van der Waals surface area contributed by atoms with Crippen LogP contribution in [0.25, 0.3) is 0 Å². The van der Waals surface area contributed by atoms with Crippen LogP contribution in [0.2, 0.25) is 15.2 Å². The molecule has 0 aliphatic rings. The van der Waals surface area contributed by atoms with Crippen molar-refractivity contribution in [1.29, 1.82) is 0 Å². The lowest BCUT2D eigenvalue weighted by Gasteiger charge is -2.01. The van der Waals surface area contributed by atoms with E-state index in [2.05, 4.69) is 9.97 Å². The Kier molecular flexibility index (Phi) is 7.71. The van der Waals surface area contributed by atoms with Gasteiger partial charge in [0, 0.05) is 12.4 Å². The minimum atomic E-state index is -0.0656. The second kappa shape index (κ2) is 9.02. The highest BCUT2D eigenvalue weighted by Crippen LogP contribution is 2.21. The molecule has 114 valence electrons. The Morgan fingerprint density at radius 2 is 1.48 bits per heavy atom. The first-order valence-corrected chi connectivity index (χ1v) is 6.85. The molecule has 2 aromatic rings. The molecule has 0 aliphatic heterocycles. The number of hydrogen-bond donors (Lipinski definition) is 2. The Morgan fingerprint density at radius 1 is 0.952 bits per heavy atom. The molecule has 8 heteroatoms. The summed E-state index contributed by atoms with van der Waals surface area (Å²) in [4.78, 5) is 7.58. The number of rotatable bonds is 3. The molecule has 0 spiro atoms. The maximum atomic E-state index is 8.69. The fourth-order valence-corrected chi connectivity index (χ4v) is 1.81. The van der Waals surface area contributed by atoms with Crippen LogP contribution in [0.15, 0.2) is 24.5 Å². The molecule has 2 aromatic heterocycles. The molecule has 0 unspecified atom stereocenters. The van der Waals surface area contributed by atoms with Gasteiger partial charge in [-0.1, -0.05) is 34.8 Å². The number of methoxy groups -OCH3 is 1. The molecule has 0 amide bonds. The van der Waals surface area contributed by atoms with E-state index < -0.39 is 0 Å². The van der Waals surface area contributed by atoms with Crippen molar-refractivity contribution in [3.63, 3.8) is 0 Å². The van der Waals surface area contributed by atoms with Crippen molar-refractivity contribution in [3.8, 4) is 5.88 Å². The summed E-state index contributed by atoms with van der Waals surface area (Å²) >= 11 is 16.8. The predicted octanol–water partition coefficient (Wildman–Crippen LogP) is 3.12. The average molecular weight is 352 g/mol. The van der Waals surface area contributed by atoms with Gasteiger partial charge < -0.3 is 14.9 Å². The molecule has 0 fully saturated rings. The van der Waals surface area contributed by atoms with Gasteiger partial charge >= 0.3 is 0 Å². The second-order valence-corrected chi connectivity index (χ2v) is 4.94. The third-order valence-corrected chi connectivity index (χ3v) is 3.23. The molecular formula is C13H13Cl3N2O3. The minimum Gasteiger partial charge on any atom is -0.480 e. The van der Waals surface area contributed by atoms with Gasteiger partial charge in [-0.25, -0.2) is 9.97 Å². The first kappa shape index (κ1) is 17.9. The van der Waals surface area contributed by atoms with E-state index in [1.165, 1.54) is 19.5 Å². The van der Waals surface area contributed by atoms with Gasteiger partial charge in [0.1, 0.15) is 10.2 Å². The molecule has 2 heterocycles. The fourth-order valence-electron chi connectivity index (χ4n) is 1.25. The maximum Gasteiger partial charge on any atom is 0.232 e. The number of hydrogen-bond acceptors (Lipinski definition) is 5. The van der Waals surface area contributed by atoms with Crippen LogP contribution in [0.4, 0.5) is 0 Å². The molecule has 5 nitrogen and oxygen atoms in total. The largest absolute Gasteiger partial charge is 0.480 e. The van der Waals surface area contributed by atoms with Crippen LogP contribution in [-0.4, -0.2) is 27.3 Å². The van der Waals surface area contributed by atoms with Gasteiger partial charge in [-0.2, -0.15) is 0 Å². The van der Waals surface area contributed by atoms with Crippen LogP contribution in [0.5, 0.6) is 5.88 Å². The summed E-state index contributed by atoms with van der Waals surface area (Å²) < 4.78 is 4.82. The summed E-state index contributed by atoms with van der Waals surface area (Å²) in [5, 5.41) is 18.3. The molecule has 0 radical (unpaired) electrons. The van der Waals surface area contributed by atoms with Crippen molar-refractivity contribution in [2.75, 3.05) is 7.11 Å². The van der Waals surface area contributed by atoms with E-state index in [9.17, 15) is 0 Å². The number of aliphatic hydroxyl groups excluding tert-OH is 2. The highest BCUT2D eigenvalue weighted by Gasteiger charge is 2.01. The predicted molar refractivity (Wildman–Crippen MR) is 81.9 cm³/mol. The highest BCUT2D eigenvalue weighted by atomic mass is 35.5. The van der Waals surface area contributed by atoms with Crippen molar-refractivity contribution in [2.45, 2.75) is 13.2 Å². The Morgan fingerprint density at radius 3 is 1.90 bits per heavy atom. The summed E-state index contributed by atoms with van der Waals surface area (Å²) in [5.41, 5.74) is 1.34. The maximum absolute atomic E-state index is 8.69. The van der Waals surface area contributed by atoms with Crippen LogP contribution >= 0.6 is 34.8 Å². The van der Waals surface area contributed by atoms with Gasteiger partial charge in [0.25, 0.3) is 0 Å². The van der Waals surface area contributed by atoms with E-state index in [0.29, 0.717) is 27.1 Å². The van der Waals surface area contributed by atoms with Crippen molar-refractivity contribution in [3.05, 3.63) is 50.9 Å². The lowest BCUT2D eigenvalue weighted by Crippen LogP contribution is -1.91. The molecule has 0 bridgehead atoms. The Balaban J connectivity index is 0.000000211. The standard InChI is InChI=1S/C7H8ClNO2.C6H5Cl2NO/c1-11-7-6(8)2-5(4-10)3-9-7;7-5-1-4(3-10)2-9-6(5)8/h2-3,10H,4H2,1H3;1-2,10H,3H2. The quantitative estimate of drug-likeness (QED) is 0.831. The SMILES string of the molecule is COc1ncc(CO)cc1Cl.OCc1cnc(Cl)c(Cl)c1. The van der Waals surface area contributed by atoms with Crippen LogP contribution in [0.1, 0.15) is 11.1 Å². The zero-order valence-corrected chi connectivity index (χ0v) is 13.3. The number of halogens is 3. The van der Waals surface area contributed by atoms with Crippen LogP contribution in [0, 0.1) is 0 Å². The number of aliphatic hydroxyl groups is 2. The van der Waals surface area contributed by atoms with Crippen LogP contribution in [0.3, 0.4) is 0 Å². The van der Waals surface area contributed by atoms with Crippen molar-refractivity contribution < 1.29 is 14.9 Å². The summed E-state index contributed by atoms with van der Waals surface area (Å²) in [5.74, 6) is 0.379. The van der Waals surface area contributed by atoms with E-state index >= 15 is 0 Å². The smallest absolute Gasteiger partial charge is 0.232 e. The van der Waals surface area contributed by atoms with E-state index in [1.54, 1.807) is 12.1 Å². The lowest BCUT2D eigenvalue weighted by molar-refractivity contribution is 0.281. The summed E-state index contributed by atoms with van der Waals surface area (Å²) in [6.45, 7) is -0.124. The fraction of sp³-hybridized carbons (Fsp3) is 0.231. The zero-order valence-electron chi connectivity index (χ0n) is 11.1. The molecule has 2 N–H and O–H groups in total. The molecule has 21 heavy (non-hydrogen) atoms. The number of nitrogens with zero attached hydrogens (tertiary/aromatic N) is 2. The normalized spacial score (nSPS) is 9.81. The van der Waals surface area contributed by atoms with Crippen LogP contribution in [-0.2, 0) is 13.2 Å². The van der Waals surface area contributed by atoms with Gasteiger partial charge in [-0.15, -0.1) is 0 Å². The molecule has 0 aliphatic carbocycles. The second-order valence-electron chi connectivity index (χ2n) is 3.77. The topological polar surface area (TPSA) is 75.5 Å². The summed E-state index contributed by atoms with van der Waals surface area (Å²) in [6, 6.07) is 3.20. The summed E-state index contributed by atoms with van der Waals surface area (Å²) in [7, 11) is 1.49. The molecule has 0 atom stereocenters. The van der Waals surface area contributed by atoms with Crippen molar-refractivity contribution in [2.24, 2.45) is 0 Å². The van der Waals surface area contributed by atoms with E-state index in [4.69, 9.17) is 49.8 Å². The molecule has 0 saturated carbocycles. The van der Waals surface area contributed by atoms with Crippen molar-refractivity contribution in [1.82, 2.24) is 9.97 Å². The Hall–Kier alpha value is -1.11. The number of ether oxygens (including phenoxy) is 1. The average Bonchev–Trinajstić information content (AvgIpc) is 2.50. The Labute approximate surface area is 137 Å². The zero-order chi connectivity index (χ0) is 15.8. The summed E-state index contributed by atoms with van der Waals surface area (Å²) in [6.07, 6.45) is 3.00. The van der Waals surface area contributed by atoms with Crippen molar-refractivity contribution >= 4 is 34.8 Å². The molecule has 0 aromatic carbocycles. The third kappa shape index (κ3) is 5.65. The molecular weight excluding hydrogens is 339 g/mol. The number of pyridine rings is 2. The van der Waals surface area contributed by atoms with Gasteiger partial charge in [0.15, 0.2) is 0 Å². The monoisotopic (exact) mass is 350 g/mol. The molecule has 2 rings (SSSR count). The van der Waals surface area contributed by atoms with E-state index in [1.807, 2.05) is 0 Å². The molecule has 0 saturated heterocycles. The van der Waals surface area contributed by atoms with Crippen LogP contribution < -0.4 is 4.74 Å². The lowest BCUT2D eigenvalue weighted by atomic mass is 10.3. The highest BCUT2D eigenvalue weighted by molar-refractivity contribution is 6.41. The van der Waals surface area contributed by atoms with Gasteiger partial charge in [-0.3, -0.25) is 0 Å². The van der Waals surface area contributed by atoms with E-state index in [-0.39, 0.29) is 18.4 Å². The van der Waals surface area contributed by atoms with Gasteiger partial charge in [0.2, 0.25) is 5.88 Å². The minimum absolute atomic E-state index is 0.0588.